The highest BCUT2D eigenvalue weighted by atomic mass is 16.5. The first-order valence-corrected chi connectivity index (χ1v) is 8.34. The van der Waals surface area contributed by atoms with E-state index < -0.39 is 11.6 Å². The summed E-state index contributed by atoms with van der Waals surface area (Å²) in [6, 6.07) is 0. The predicted molar refractivity (Wildman–Crippen MR) is 82.2 cm³/mol. The van der Waals surface area contributed by atoms with Crippen molar-refractivity contribution < 1.29 is 19.4 Å². The standard InChI is InChI=1S/C16H28N2O4/c1-22-14(19)10-17-12-16(21)8-5-9-18(15(16)20)11-13-6-3-2-4-7-13/h13,17,21H,2-12H2,1H3. The highest BCUT2D eigenvalue weighted by Crippen LogP contribution is 2.28. The second kappa shape index (κ2) is 7.92. The molecule has 0 spiro atoms. The zero-order valence-electron chi connectivity index (χ0n) is 13.5. The third-order valence-electron chi connectivity index (χ3n) is 4.82. The van der Waals surface area contributed by atoms with Crippen LogP contribution in [0.5, 0.6) is 0 Å². The van der Waals surface area contributed by atoms with Crippen molar-refractivity contribution in [2.45, 2.75) is 50.5 Å². The Morgan fingerprint density at radius 1 is 1.36 bits per heavy atom. The van der Waals surface area contributed by atoms with Crippen molar-refractivity contribution in [3.05, 3.63) is 0 Å². The lowest BCUT2D eigenvalue weighted by Gasteiger charge is -2.40. The first-order chi connectivity index (χ1) is 10.5. The third-order valence-corrected chi connectivity index (χ3v) is 4.82. The van der Waals surface area contributed by atoms with Crippen LogP contribution in [0.1, 0.15) is 44.9 Å². The molecule has 126 valence electrons. The number of likely N-dealkylation sites (tertiary alicyclic amines) is 1. The zero-order valence-corrected chi connectivity index (χ0v) is 13.5. The van der Waals surface area contributed by atoms with Crippen LogP contribution in [-0.2, 0) is 14.3 Å². The van der Waals surface area contributed by atoms with Gasteiger partial charge in [0.2, 0.25) is 0 Å². The average molecular weight is 312 g/mol. The van der Waals surface area contributed by atoms with E-state index in [9.17, 15) is 14.7 Å². The van der Waals surface area contributed by atoms with Gasteiger partial charge in [0.15, 0.2) is 5.60 Å². The molecule has 1 unspecified atom stereocenters. The predicted octanol–water partition coefficient (Wildman–Crippen LogP) is 0.683. The van der Waals surface area contributed by atoms with Gasteiger partial charge in [-0.2, -0.15) is 0 Å². The van der Waals surface area contributed by atoms with Gasteiger partial charge in [0.05, 0.1) is 13.7 Å². The van der Waals surface area contributed by atoms with E-state index in [1.54, 1.807) is 0 Å². The summed E-state index contributed by atoms with van der Waals surface area (Å²) < 4.78 is 4.54. The first-order valence-electron chi connectivity index (χ1n) is 8.34. The van der Waals surface area contributed by atoms with E-state index in [2.05, 4.69) is 10.1 Å². The van der Waals surface area contributed by atoms with Crippen molar-refractivity contribution in [2.75, 3.05) is 33.3 Å². The molecule has 2 aliphatic rings. The van der Waals surface area contributed by atoms with E-state index in [1.807, 2.05) is 4.90 Å². The Morgan fingerprint density at radius 3 is 2.77 bits per heavy atom. The summed E-state index contributed by atoms with van der Waals surface area (Å²) in [5, 5.41) is 13.4. The van der Waals surface area contributed by atoms with Gasteiger partial charge in [0.25, 0.3) is 5.91 Å². The van der Waals surface area contributed by atoms with Gasteiger partial charge < -0.3 is 20.1 Å². The minimum absolute atomic E-state index is 0.00865. The molecule has 6 nitrogen and oxygen atoms in total. The van der Waals surface area contributed by atoms with Crippen LogP contribution in [0.2, 0.25) is 0 Å². The van der Waals surface area contributed by atoms with Crippen molar-refractivity contribution in [2.24, 2.45) is 5.92 Å². The van der Waals surface area contributed by atoms with Gasteiger partial charge in [-0.05, 0) is 31.6 Å². The Morgan fingerprint density at radius 2 is 2.09 bits per heavy atom. The number of carbonyl (C=O) groups excluding carboxylic acids is 2. The number of nitrogens with one attached hydrogen (secondary N) is 1. The molecule has 2 fully saturated rings. The lowest BCUT2D eigenvalue weighted by molar-refractivity contribution is -0.158. The Kier molecular flexibility index (Phi) is 6.20. The van der Waals surface area contributed by atoms with Crippen molar-refractivity contribution >= 4 is 11.9 Å². The fraction of sp³-hybridized carbons (Fsp3) is 0.875. The van der Waals surface area contributed by atoms with E-state index in [-0.39, 0.29) is 19.0 Å². The number of ether oxygens (including phenoxy) is 1. The largest absolute Gasteiger partial charge is 0.468 e. The third kappa shape index (κ3) is 4.43. The quantitative estimate of drug-likeness (QED) is 0.705. The fourth-order valence-electron chi connectivity index (χ4n) is 3.53. The van der Waals surface area contributed by atoms with E-state index in [1.165, 1.54) is 39.2 Å². The van der Waals surface area contributed by atoms with Crippen LogP contribution in [0.25, 0.3) is 0 Å². The lowest BCUT2D eigenvalue weighted by atomic mass is 9.86. The molecule has 2 N–H and O–H groups in total. The maximum Gasteiger partial charge on any atom is 0.319 e. The van der Waals surface area contributed by atoms with Crippen LogP contribution >= 0.6 is 0 Å². The first kappa shape index (κ1) is 17.2. The number of hydrogen-bond donors (Lipinski definition) is 2. The van der Waals surface area contributed by atoms with Gasteiger partial charge in [-0.3, -0.25) is 9.59 Å². The molecule has 2 rings (SSSR count). The normalized spacial score (nSPS) is 27.0. The number of carbonyl (C=O) groups is 2. The Hall–Kier alpha value is -1.14. The minimum Gasteiger partial charge on any atom is -0.468 e. The highest BCUT2D eigenvalue weighted by Gasteiger charge is 2.42. The Balaban J connectivity index is 1.86. The molecular weight excluding hydrogens is 284 g/mol. The molecule has 1 aliphatic heterocycles. The van der Waals surface area contributed by atoms with Crippen molar-refractivity contribution in [1.82, 2.24) is 10.2 Å². The van der Waals surface area contributed by atoms with Crippen LogP contribution in [0, 0.1) is 5.92 Å². The van der Waals surface area contributed by atoms with Crippen LogP contribution in [0.3, 0.4) is 0 Å². The molecule has 1 saturated heterocycles. The molecular formula is C16H28N2O4. The monoisotopic (exact) mass is 312 g/mol. The Bertz CT molecular complexity index is 396. The summed E-state index contributed by atoms with van der Waals surface area (Å²) in [7, 11) is 1.32. The summed E-state index contributed by atoms with van der Waals surface area (Å²) in [6.07, 6.45) is 7.41. The summed E-state index contributed by atoms with van der Waals surface area (Å²) in [5.74, 6) is -0.0179. The zero-order chi connectivity index (χ0) is 16.0. The highest BCUT2D eigenvalue weighted by molar-refractivity contribution is 5.86. The lowest BCUT2D eigenvalue weighted by Crippen LogP contribution is -2.59. The number of aliphatic hydroxyl groups is 1. The molecule has 0 aromatic carbocycles. The van der Waals surface area contributed by atoms with Gasteiger partial charge in [-0.25, -0.2) is 0 Å². The number of piperidine rings is 1. The smallest absolute Gasteiger partial charge is 0.319 e. The number of esters is 1. The number of nitrogens with zero attached hydrogens (tertiary/aromatic N) is 1. The molecule has 22 heavy (non-hydrogen) atoms. The van der Waals surface area contributed by atoms with Crippen molar-refractivity contribution in [3.63, 3.8) is 0 Å². The molecule has 0 radical (unpaired) electrons. The van der Waals surface area contributed by atoms with Gasteiger partial charge >= 0.3 is 5.97 Å². The SMILES string of the molecule is COC(=O)CNCC1(O)CCCN(CC2CCCCC2)C1=O. The molecule has 1 amide bonds. The van der Waals surface area contributed by atoms with Crippen LogP contribution in [0.15, 0.2) is 0 Å². The summed E-state index contributed by atoms with van der Waals surface area (Å²) in [6.45, 7) is 1.60. The van der Waals surface area contributed by atoms with Crippen LogP contribution in [-0.4, -0.2) is 60.8 Å². The van der Waals surface area contributed by atoms with E-state index in [0.29, 0.717) is 12.3 Å². The second-order valence-corrected chi connectivity index (χ2v) is 6.57. The van der Waals surface area contributed by atoms with Crippen molar-refractivity contribution in [3.8, 4) is 0 Å². The molecule has 1 heterocycles. The minimum atomic E-state index is -1.39. The molecule has 1 aliphatic carbocycles. The maximum absolute atomic E-state index is 12.6. The van der Waals surface area contributed by atoms with E-state index in [4.69, 9.17) is 0 Å². The molecule has 0 bridgehead atoms. The Labute approximate surface area is 132 Å². The van der Waals surface area contributed by atoms with Gasteiger partial charge in [0, 0.05) is 19.6 Å². The number of hydrogen-bond acceptors (Lipinski definition) is 5. The van der Waals surface area contributed by atoms with Crippen LogP contribution in [0.4, 0.5) is 0 Å². The second-order valence-electron chi connectivity index (χ2n) is 6.57. The van der Waals surface area contributed by atoms with Gasteiger partial charge in [0.1, 0.15) is 0 Å². The summed E-state index contributed by atoms with van der Waals surface area (Å²) in [5.41, 5.74) is -1.39. The summed E-state index contributed by atoms with van der Waals surface area (Å²) in [4.78, 5) is 25.5. The topological polar surface area (TPSA) is 78.9 Å². The average Bonchev–Trinajstić information content (AvgIpc) is 2.53. The number of rotatable bonds is 6. The van der Waals surface area contributed by atoms with E-state index in [0.717, 1.165) is 19.5 Å². The molecule has 0 aromatic heterocycles. The fourth-order valence-corrected chi connectivity index (χ4v) is 3.53. The van der Waals surface area contributed by atoms with Crippen molar-refractivity contribution in [1.29, 1.82) is 0 Å². The van der Waals surface area contributed by atoms with Crippen LogP contribution < -0.4 is 5.32 Å². The summed E-state index contributed by atoms with van der Waals surface area (Å²) >= 11 is 0. The number of amides is 1. The molecule has 6 heteroatoms. The maximum atomic E-state index is 12.6. The molecule has 1 saturated carbocycles. The molecule has 1 atom stereocenters. The number of methoxy groups -OCH3 is 1. The van der Waals surface area contributed by atoms with E-state index >= 15 is 0 Å². The van der Waals surface area contributed by atoms with Gasteiger partial charge in [-0.15, -0.1) is 0 Å². The van der Waals surface area contributed by atoms with Gasteiger partial charge in [-0.1, -0.05) is 19.3 Å². The molecule has 0 aromatic rings.